The largest absolute Gasteiger partial charge is 0.491 e. The summed E-state index contributed by atoms with van der Waals surface area (Å²) in [7, 11) is -3.60. The molecule has 0 bridgehead atoms. The van der Waals surface area contributed by atoms with Crippen LogP contribution in [0.3, 0.4) is 0 Å². The molecule has 10 nitrogen and oxygen atoms in total. The molecule has 1 amide bonds. The quantitative estimate of drug-likeness (QED) is 0.195. The van der Waals surface area contributed by atoms with Crippen LogP contribution in [0.1, 0.15) is 57.8 Å². The van der Waals surface area contributed by atoms with Gasteiger partial charge in [-0.15, -0.1) is 0 Å². The Morgan fingerprint density at radius 3 is 2.44 bits per heavy atom. The molecule has 0 radical (unpaired) electrons. The summed E-state index contributed by atoms with van der Waals surface area (Å²) < 4.78 is 54.8. The molecule has 2 unspecified atom stereocenters. The number of carbonyl (C=O) groups excluding carboxylic acids is 1. The fraction of sp³-hybridized carbons (Fsp3) is 0.606. The number of nitrogens with one attached hydrogen (secondary N) is 1. The number of allylic oxidation sites excluding steroid dienone is 3. The monoisotopic (exact) mass is 667 g/mol. The number of halogens is 1. The molecule has 1 saturated carbocycles. The minimum atomic E-state index is -3.60. The highest BCUT2D eigenvalue weighted by Crippen LogP contribution is 2.39. The molecule has 4 rings (SSSR count). The summed E-state index contributed by atoms with van der Waals surface area (Å²) in [6.07, 6.45) is 17.1. The van der Waals surface area contributed by atoms with E-state index in [1.807, 2.05) is 35.1 Å². The van der Waals surface area contributed by atoms with Crippen LogP contribution in [0.2, 0.25) is 5.02 Å². The van der Waals surface area contributed by atoms with E-state index in [4.69, 9.17) is 35.3 Å². The van der Waals surface area contributed by atoms with Gasteiger partial charge in [0.2, 0.25) is 10.0 Å². The first-order valence-electron chi connectivity index (χ1n) is 15.8. The van der Waals surface area contributed by atoms with Gasteiger partial charge >= 0.3 is 0 Å². The van der Waals surface area contributed by atoms with Crippen molar-refractivity contribution in [2.45, 2.75) is 88.7 Å². The van der Waals surface area contributed by atoms with Crippen LogP contribution in [0.25, 0.3) is 0 Å². The van der Waals surface area contributed by atoms with Crippen molar-refractivity contribution in [1.29, 1.82) is 0 Å². The molecule has 2 heterocycles. The summed E-state index contributed by atoms with van der Waals surface area (Å²) in [5.74, 6) is -0.237. The van der Waals surface area contributed by atoms with Crippen LogP contribution in [0.4, 0.5) is 0 Å². The van der Waals surface area contributed by atoms with Crippen LogP contribution in [-0.4, -0.2) is 76.4 Å². The van der Waals surface area contributed by atoms with Gasteiger partial charge < -0.3 is 28.8 Å². The van der Waals surface area contributed by atoms with Gasteiger partial charge in [0.25, 0.3) is 5.91 Å². The molecule has 1 aliphatic carbocycles. The van der Waals surface area contributed by atoms with Gasteiger partial charge in [0.1, 0.15) is 18.5 Å². The van der Waals surface area contributed by atoms with Crippen molar-refractivity contribution >= 4 is 27.5 Å². The highest BCUT2D eigenvalue weighted by Gasteiger charge is 2.42. The molecular formula is C33H46ClNO9S. The van der Waals surface area contributed by atoms with E-state index in [0.29, 0.717) is 43.2 Å². The number of hydrogen-bond donors (Lipinski definition) is 2. The standard InChI is InChI=1S/C33H46ClNO9S/c1-45(38,39)35-31(37)11-5-3-2-4-10-27-28(30(22-29(27)36)44-33-13-7-9-21-41-33)19-18-26(43-32-12-6-8-20-40-32)23-42-25-16-14-24(34)15-17-25/h2,4-5,11,14-19,26-30,32-33,36H,3,6-10,12-13,20-23H2,1H3,(H,35,37)/b4-2-,11-5+,19-18+/t26-,27-,28-,29+,30-,32?,33?/m1/s1. The third-order valence-electron chi connectivity index (χ3n) is 8.00. The molecule has 12 heteroatoms. The summed E-state index contributed by atoms with van der Waals surface area (Å²) in [5, 5.41) is 11.8. The third-order valence-corrected chi connectivity index (χ3v) is 8.82. The van der Waals surface area contributed by atoms with E-state index in [1.54, 1.807) is 18.2 Å². The van der Waals surface area contributed by atoms with E-state index in [-0.39, 0.29) is 37.1 Å². The number of carbonyl (C=O) groups is 1. The first-order chi connectivity index (χ1) is 21.7. The molecule has 3 aliphatic rings. The maximum atomic E-state index is 11.7. The summed E-state index contributed by atoms with van der Waals surface area (Å²) >= 11 is 6.04. The minimum absolute atomic E-state index is 0.111. The molecule has 7 atom stereocenters. The van der Waals surface area contributed by atoms with Crippen LogP contribution < -0.4 is 9.46 Å². The molecule has 0 aromatic heterocycles. The lowest BCUT2D eigenvalue weighted by atomic mass is 9.89. The van der Waals surface area contributed by atoms with Gasteiger partial charge in [-0.05, 0) is 81.5 Å². The Kier molecular flexibility index (Phi) is 14.4. The van der Waals surface area contributed by atoms with E-state index in [0.717, 1.165) is 44.8 Å². The van der Waals surface area contributed by atoms with Crippen molar-refractivity contribution in [2.24, 2.45) is 11.8 Å². The van der Waals surface area contributed by atoms with E-state index < -0.39 is 28.1 Å². The van der Waals surface area contributed by atoms with Gasteiger partial charge in [0.15, 0.2) is 12.6 Å². The number of ether oxygens (including phenoxy) is 5. The Morgan fingerprint density at radius 1 is 1.07 bits per heavy atom. The zero-order valence-corrected chi connectivity index (χ0v) is 27.4. The summed E-state index contributed by atoms with van der Waals surface area (Å²) in [6.45, 7) is 1.60. The number of sulfonamides is 1. The van der Waals surface area contributed by atoms with Crippen molar-refractivity contribution in [3.63, 3.8) is 0 Å². The van der Waals surface area contributed by atoms with Gasteiger partial charge in [-0.2, -0.15) is 0 Å². The predicted octanol–water partition coefficient (Wildman–Crippen LogP) is 5.06. The Morgan fingerprint density at radius 2 is 1.78 bits per heavy atom. The Labute approximate surface area is 271 Å². The van der Waals surface area contributed by atoms with E-state index in [2.05, 4.69) is 6.08 Å². The van der Waals surface area contributed by atoms with Crippen molar-refractivity contribution < 1.29 is 42.0 Å². The Balaban J connectivity index is 1.44. The van der Waals surface area contributed by atoms with E-state index >= 15 is 0 Å². The highest BCUT2D eigenvalue weighted by molar-refractivity contribution is 7.89. The number of aliphatic hydroxyl groups is 1. The normalized spacial score (nSPS) is 28.6. The first-order valence-corrected chi connectivity index (χ1v) is 18.1. The summed E-state index contributed by atoms with van der Waals surface area (Å²) in [6, 6.07) is 7.19. The SMILES string of the molecule is CS(=O)(=O)NC(=O)/C=C/C/C=C\C[C@@H]1[C@@H](/C=C/[C@H](COc2ccc(Cl)cc2)OC2CCCCO2)[C@H](OC2CCCCO2)C[C@@H]1O. The highest BCUT2D eigenvalue weighted by atomic mass is 35.5. The average molecular weight is 668 g/mol. The molecule has 2 aliphatic heterocycles. The Hall–Kier alpha value is -2.25. The number of rotatable bonds is 15. The summed E-state index contributed by atoms with van der Waals surface area (Å²) in [5.41, 5.74) is 0. The van der Waals surface area contributed by atoms with Crippen molar-refractivity contribution in [3.8, 4) is 5.75 Å². The van der Waals surface area contributed by atoms with E-state index in [1.165, 1.54) is 6.08 Å². The molecular weight excluding hydrogens is 622 g/mol. The smallest absolute Gasteiger partial charge is 0.257 e. The second-order valence-corrected chi connectivity index (χ2v) is 13.9. The molecule has 45 heavy (non-hydrogen) atoms. The van der Waals surface area contributed by atoms with Gasteiger partial charge in [0.05, 0.1) is 18.5 Å². The van der Waals surface area contributed by atoms with Crippen LogP contribution in [-0.2, 0) is 33.8 Å². The Bertz CT molecular complexity index is 1240. The zero-order valence-electron chi connectivity index (χ0n) is 25.8. The molecule has 3 fully saturated rings. The van der Waals surface area contributed by atoms with Crippen LogP contribution in [0, 0.1) is 11.8 Å². The lowest BCUT2D eigenvalue weighted by Gasteiger charge is -2.30. The van der Waals surface area contributed by atoms with Gasteiger partial charge in [0, 0.05) is 36.7 Å². The van der Waals surface area contributed by atoms with Crippen molar-refractivity contribution in [1.82, 2.24) is 4.72 Å². The van der Waals surface area contributed by atoms with Crippen LogP contribution in [0.15, 0.2) is 60.7 Å². The van der Waals surface area contributed by atoms with Gasteiger partial charge in [-0.25, -0.2) is 13.1 Å². The number of hydrogen-bond acceptors (Lipinski definition) is 9. The second kappa shape index (κ2) is 18.2. The summed E-state index contributed by atoms with van der Waals surface area (Å²) in [4.78, 5) is 11.7. The number of benzene rings is 1. The number of amides is 1. The fourth-order valence-corrected chi connectivity index (χ4v) is 6.34. The zero-order chi connectivity index (χ0) is 32.1. The molecule has 1 aromatic carbocycles. The van der Waals surface area contributed by atoms with Gasteiger partial charge in [-0.1, -0.05) is 42.0 Å². The van der Waals surface area contributed by atoms with Crippen LogP contribution in [0.5, 0.6) is 5.75 Å². The maximum absolute atomic E-state index is 11.7. The predicted molar refractivity (Wildman–Crippen MR) is 171 cm³/mol. The molecule has 2 N–H and O–H groups in total. The maximum Gasteiger partial charge on any atom is 0.257 e. The van der Waals surface area contributed by atoms with Crippen LogP contribution >= 0.6 is 11.6 Å². The lowest BCUT2D eigenvalue weighted by molar-refractivity contribution is -0.193. The third kappa shape index (κ3) is 12.8. The fourth-order valence-electron chi connectivity index (χ4n) is 5.78. The molecule has 2 saturated heterocycles. The first kappa shape index (κ1) is 35.6. The van der Waals surface area contributed by atoms with Crippen molar-refractivity contribution in [2.75, 3.05) is 26.1 Å². The number of aliphatic hydroxyl groups excluding tert-OH is 1. The second-order valence-electron chi connectivity index (χ2n) is 11.7. The average Bonchev–Trinajstić information content (AvgIpc) is 3.30. The molecule has 250 valence electrons. The minimum Gasteiger partial charge on any atom is -0.491 e. The molecule has 1 aromatic rings. The lowest BCUT2D eigenvalue weighted by Crippen LogP contribution is -2.32. The van der Waals surface area contributed by atoms with E-state index in [9.17, 15) is 18.3 Å². The van der Waals surface area contributed by atoms with Gasteiger partial charge in [-0.3, -0.25) is 4.79 Å². The molecule has 0 spiro atoms. The van der Waals surface area contributed by atoms with Crippen molar-refractivity contribution in [3.05, 3.63) is 65.7 Å². The topological polar surface area (TPSA) is 130 Å².